The maximum Gasteiger partial charge on any atom is 0.306 e. The molecule has 0 unspecified atom stereocenters. The molecule has 20 saturated carbocycles. The van der Waals surface area contributed by atoms with Gasteiger partial charge in [0.2, 0.25) is 0 Å². The van der Waals surface area contributed by atoms with Gasteiger partial charge in [0.05, 0.1) is 175 Å². The molecule has 20 rings (SSSR count). The van der Waals surface area contributed by atoms with E-state index in [2.05, 4.69) is 0 Å². The van der Waals surface area contributed by atoms with E-state index >= 15 is 0 Å². The molecule has 0 radical (unpaired) electrons. The molecule has 124 heavy (non-hydrogen) atoms. The molecule has 20 aliphatic carbocycles. The summed E-state index contributed by atoms with van der Waals surface area (Å²) in [4.78, 5) is 64.2. The number of rotatable bonds is 46. The molecule has 20 fully saturated rings. The number of carbonyl (C=O) groups is 5. The van der Waals surface area contributed by atoms with Crippen LogP contribution < -0.4 is 0 Å². The van der Waals surface area contributed by atoms with Crippen molar-refractivity contribution >= 4 is 29.8 Å². The average Bonchev–Trinajstić information content (AvgIpc) is 0.776. The Bertz CT molecular complexity index is 2380. The first-order valence-corrected chi connectivity index (χ1v) is 43.1. The van der Waals surface area contributed by atoms with Gasteiger partial charge in [-0.2, -0.15) is 0 Å². The number of aliphatic carboxylic acids is 1. The van der Waals surface area contributed by atoms with Gasteiger partial charge in [0, 0.05) is 0 Å². The fourth-order valence-electron chi connectivity index (χ4n) is 28.2. The van der Waals surface area contributed by atoms with Gasteiger partial charge < -0.3 is 82.4 Å². The number of carbonyl (C=O) groups excluding carboxylic acids is 4. The monoisotopic (exact) mass is 1780 g/mol. The number of carboxylic acid groups (broad SMARTS) is 1. The molecule has 20 aliphatic rings. The zero-order valence-electron chi connectivity index (χ0n) is 65.6. The highest BCUT2D eigenvalue weighted by atomic mass is 16.6. The summed E-state index contributed by atoms with van der Waals surface area (Å²) in [6.45, 7) is 3.47. The second kappa shape index (κ2) is 58.7. The van der Waals surface area contributed by atoms with Crippen LogP contribution in [-0.4, -0.2) is 214 Å². The lowest BCUT2D eigenvalue weighted by atomic mass is 9.49. The van der Waals surface area contributed by atoms with E-state index in [-0.39, 0.29) is 328 Å². The number of hydrogen-bond acceptors (Lipinski definition) is 21. The Morgan fingerprint density at radius 1 is 0.210 bits per heavy atom. The molecule has 0 atom stereocenters. The molecular formula is C102H202O22. The Morgan fingerprint density at radius 3 is 0.468 bits per heavy atom. The van der Waals surface area contributed by atoms with Crippen molar-refractivity contribution in [1.29, 1.82) is 0 Å². The molecule has 0 aliphatic heterocycles. The Hall–Kier alpha value is -3.13. The van der Waals surface area contributed by atoms with Gasteiger partial charge in [-0.25, -0.2) is 0 Å². The van der Waals surface area contributed by atoms with Crippen LogP contribution in [0.15, 0.2) is 0 Å². The molecule has 0 spiro atoms. The van der Waals surface area contributed by atoms with E-state index < -0.39 is 16.8 Å². The zero-order chi connectivity index (χ0) is 75.3. The van der Waals surface area contributed by atoms with Crippen molar-refractivity contribution in [2.75, 3.05) is 159 Å². The average molecular weight is 1780 g/mol. The van der Waals surface area contributed by atoms with Crippen LogP contribution in [0, 0.1) is 127 Å². The largest absolute Gasteiger partial charge is 0.481 e. The molecule has 0 heterocycles. The van der Waals surface area contributed by atoms with Crippen LogP contribution in [0.25, 0.3) is 0 Å². The number of esters is 4. The van der Waals surface area contributed by atoms with Crippen molar-refractivity contribution in [3.05, 3.63) is 0 Å². The lowest BCUT2D eigenvalue weighted by Crippen LogP contribution is -2.47. The molecule has 0 aromatic heterocycles. The van der Waals surface area contributed by atoms with E-state index in [1.807, 2.05) is 0 Å². The van der Waals surface area contributed by atoms with Gasteiger partial charge in [-0.15, -0.1) is 0 Å². The molecule has 22 heteroatoms. The highest BCUT2D eigenvalue weighted by Crippen LogP contribution is 2.66. The van der Waals surface area contributed by atoms with Crippen molar-refractivity contribution in [3.63, 3.8) is 0 Å². The summed E-state index contributed by atoms with van der Waals surface area (Å²) in [6.07, 6.45) is 40.4. The number of aliphatic hydroxyl groups excluding tert-OH is 4. The topological polar surface area (TPSA) is 297 Å². The minimum atomic E-state index is -0.821. The highest BCUT2D eigenvalue weighted by molar-refractivity contribution is 5.72. The number of aliphatic hydroxyl groups is 4. The van der Waals surface area contributed by atoms with Crippen LogP contribution in [0.4, 0.5) is 0 Å². The second-order valence-electron chi connectivity index (χ2n) is 39.6. The lowest BCUT2D eigenvalue weighted by molar-refractivity contribution is -0.158. The molecule has 0 amide bonds. The first kappa shape index (κ1) is 127. The number of hydrogen-bond donors (Lipinski definition) is 5. The fraction of sp³-hybridized carbons (Fsp3) is 0.951. The van der Waals surface area contributed by atoms with Crippen LogP contribution in [0.5, 0.6) is 0 Å². The van der Waals surface area contributed by atoms with Crippen LogP contribution in [-0.2, 0) is 80.8 Å². The van der Waals surface area contributed by atoms with Gasteiger partial charge >= 0.3 is 29.8 Å². The van der Waals surface area contributed by atoms with Crippen LogP contribution in [0.1, 0.15) is 344 Å². The van der Waals surface area contributed by atoms with Crippen molar-refractivity contribution in [2.45, 2.75) is 344 Å². The van der Waals surface area contributed by atoms with Crippen LogP contribution in [0.3, 0.4) is 0 Å². The molecule has 22 nitrogen and oxygen atoms in total. The quantitative estimate of drug-likeness (QED) is 0.0215. The van der Waals surface area contributed by atoms with Crippen molar-refractivity contribution in [2.24, 2.45) is 127 Å². The Balaban J connectivity index is -0.00000119. The molecule has 5 N–H and O–H groups in total. The Morgan fingerprint density at radius 2 is 0.339 bits per heavy atom. The normalized spacial score (nSPS) is 32.5. The first-order chi connectivity index (χ1) is 52.2. The standard InChI is InChI=1S/C61H92O12.C13H28O8.C12H18O2.16CH4/c62-53(33-57-21-41-9-42(22-57)11-43(10-41)23-57)70-5-1-66-37-61(38-67-2-6-71-54(63)34-58-24-44-12-45(25-58)14-46(13-44)26-58,39-68-3-7-72-55(64)35-59-27-47-15-48(28-59)17-49(16-47)29-59)40-69-4-8-73-56(65)36-60-30-50-18-51(31-60)20-52(19-50)32-60;14-1-5-18-9-13(10-19-6-2-15,11-20-7-3-16)12-21-8-4-17;13-11(14)7-12-4-8-1-9(5-12)3-10(2-8)6-12;;;;;;;;;;;;;;;;/h41-52H,1-40H2;14-17H,1-12H2;8-10H,1-7H2,(H,13,14);16*1H4. The Labute approximate surface area is 761 Å². The van der Waals surface area contributed by atoms with Gasteiger partial charge in [-0.05, 0) is 308 Å². The fourth-order valence-corrected chi connectivity index (χ4v) is 28.2. The van der Waals surface area contributed by atoms with Crippen molar-refractivity contribution in [3.8, 4) is 0 Å². The van der Waals surface area contributed by atoms with Gasteiger partial charge in [-0.1, -0.05) is 119 Å². The van der Waals surface area contributed by atoms with Crippen molar-refractivity contribution < 1.29 is 106 Å². The third kappa shape index (κ3) is 35.1. The van der Waals surface area contributed by atoms with E-state index in [0.29, 0.717) is 32.1 Å². The molecule has 742 valence electrons. The summed E-state index contributed by atoms with van der Waals surface area (Å²) in [7, 11) is 0. The van der Waals surface area contributed by atoms with E-state index in [0.717, 1.165) is 166 Å². The van der Waals surface area contributed by atoms with Gasteiger partial charge in [0.15, 0.2) is 0 Å². The van der Waals surface area contributed by atoms with E-state index in [9.17, 15) is 24.0 Å². The smallest absolute Gasteiger partial charge is 0.306 e. The van der Waals surface area contributed by atoms with E-state index in [4.69, 9.17) is 82.4 Å². The van der Waals surface area contributed by atoms with Gasteiger partial charge in [0.1, 0.15) is 26.4 Å². The first-order valence-electron chi connectivity index (χ1n) is 43.1. The molecular weight excluding hydrogens is 1580 g/mol. The van der Waals surface area contributed by atoms with Crippen molar-refractivity contribution in [1.82, 2.24) is 0 Å². The van der Waals surface area contributed by atoms with E-state index in [1.165, 1.54) is 116 Å². The molecule has 0 aromatic rings. The predicted molar refractivity (Wildman–Crippen MR) is 505 cm³/mol. The third-order valence-electron chi connectivity index (χ3n) is 29.6. The molecule has 20 bridgehead atoms. The minimum absolute atomic E-state index is 0. The summed E-state index contributed by atoms with van der Waals surface area (Å²) >= 11 is 0. The maximum absolute atomic E-state index is 13.3. The molecule has 0 saturated heterocycles. The summed E-state index contributed by atoms with van der Waals surface area (Å²) < 4.78 is 70.3. The summed E-state index contributed by atoms with van der Waals surface area (Å²) in [6, 6.07) is 0. The second-order valence-corrected chi connectivity index (χ2v) is 39.6. The Kier molecular flexibility index (Phi) is 60.2. The lowest BCUT2D eigenvalue weighted by Gasteiger charge is -2.56. The predicted octanol–water partition coefficient (Wildman–Crippen LogP) is 21.5. The van der Waals surface area contributed by atoms with Crippen LogP contribution >= 0.6 is 0 Å². The SMILES string of the molecule is C.C.C.C.C.C.C.C.C.C.C.C.C.C.C.C.O=C(CC12CC3CC(CC(C3)C1)C2)OCCOCC(COCCOC(=O)CC12CC3CC(CC(C3)C1)C2)(COCCOC(=O)CC12CC3CC(CC(C3)C1)C2)COCCOC(=O)CC12CC3CC(CC(C3)C1)C2.O=C(O)CC12CC3CC(CC(C3)C1)C2.OCCOCC(COCCO)(COCCO)COCCO. The van der Waals surface area contributed by atoms with Gasteiger partial charge in [-0.3, -0.25) is 24.0 Å². The number of carboxylic acids is 1. The maximum atomic E-state index is 13.3. The third-order valence-corrected chi connectivity index (χ3v) is 29.6. The summed E-state index contributed by atoms with van der Waals surface area (Å²) in [5, 5.41) is 44.1. The molecule has 0 aromatic carbocycles. The summed E-state index contributed by atoms with van der Waals surface area (Å²) in [5.74, 6) is 10.9. The van der Waals surface area contributed by atoms with Crippen LogP contribution in [0.2, 0.25) is 0 Å². The van der Waals surface area contributed by atoms with E-state index in [1.54, 1.807) is 0 Å². The number of ether oxygens (including phenoxy) is 12. The zero-order valence-corrected chi connectivity index (χ0v) is 65.6. The summed E-state index contributed by atoms with van der Waals surface area (Å²) in [5.41, 5.74) is -0.771. The van der Waals surface area contributed by atoms with Gasteiger partial charge in [0.25, 0.3) is 0 Å². The highest BCUT2D eigenvalue weighted by Gasteiger charge is 2.57. The minimum Gasteiger partial charge on any atom is -0.481 e.